The highest BCUT2D eigenvalue weighted by Crippen LogP contribution is 2.35. The van der Waals surface area contributed by atoms with Gasteiger partial charge in [-0.2, -0.15) is 0 Å². The summed E-state index contributed by atoms with van der Waals surface area (Å²) in [6.45, 7) is 7.48. The summed E-state index contributed by atoms with van der Waals surface area (Å²) in [5, 5.41) is 12.2. The summed E-state index contributed by atoms with van der Waals surface area (Å²) in [5.41, 5.74) is 2.88. The van der Waals surface area contributed by atoms with Gasteiger partial charge in [0.1, 0.15) is 18.8 Å². The molecule has 4 rings (SSSR count). The van der Waals surface area contributed by atoms with Gasteiger partial charge in [-0.1, -0.05) is 31.5 Å². The topological polar surface area (TPSA) is 80.3 Å². The first-order valence-electron chi connectivity index (χ1n) is 11.0. The zero-order chi connectivity index (χ0) is 22.5. The minimum Gasteiger partial charge on any atom is -0.493 e. The fourth-order valence-corrected chi connectivity index (χ4v) is 4.05. The number of halogens is 1. The Balaban J connectivity index is 1.75. The SMILES string of the molecule is COc1cc2ncnc3c2cc1OCCNCC(C(C)C)NCCc1ccc(Cl)cc1N3. The molecule has 0 saturated heterocycles. The van der Waals surface area contributed by atoms with Crippen molar-refractivity contribution in [1.82, 2.24) is 20.6 Å². The third-order valence-electron chi connectivity index (χ3n) is 5.75. The summed E-state index contributed by atoms with van der Waals surface area (Å²) < 4.78 is 11.6. The van der Waals surface area contributed by atoms with Gasteiger partial charge in [0.05, 0.1) is 12.6 Å². The molecule has 0 amide bonds. The molecule has 2 bridgehead atoms. The minimum absolute atomic E-state index is 0.367. The van der Waals surface area contributed by atoms with Crippen LogP contribution in [0.25, 0.3) is 10.9 Å². The molecule has 0 radical (unpaired) electrons. The van der Waals surface area contributed by atoms with E-state index in [4.69, 9.17) is 21.1 Å². The van der Waals surface area contributed by atoms with Crippen LogP contribution in [-0.2, 0) is 6.42 Å². The van der Waals surface area contributed by atoms with Crippen molar-refractivity contribution >= 4 is 34.0 Å². The first-order chi connectivity index (χ1) is 15.5. The van der Waals surface area contributed by atoms with Crippen molar-refractivity contribution in [3.63, 3.8) is 0 Å². The van der Waals surface area contributed by atoms with Crippen LogP contribution in [0.4, 0.5) is 11.5 Å². The summed E-state index contributed by atoms with van der Waals surface area (Å²) in [7, 11) is 1.63. The average molecular weight is 456 g/mol. The van der Waals surface area contributed by atoms with Crippen molar-refractivity contribution < 1.29 is 9.47 Å². The minimum atomic E-state index is 0.367. The second-order valence-electron chi connectivity index (χ2n) is 8.28. The quantitative estimate of drug-likeness (QED) is 0.535. The Bertz CT molecular complexity index is 1080. The molecule has 0 spiro atoms. The molecule has 1 unspecified atom stereocenters. The molecular weight excluding hydrogens is 426 g/mol. The number of fused-ring (bicyclic) bond motifs is 2. The van der Waals surface area contributed by atoms with Crippen LogP contribution in [0.5, 0.6) is 11.5 Å². The predicted molar refractivity (Wildman–Crippen MR) is 130 cm³/mol. The van der Waals surface area contributed by atoms with E-state index in [-0.39, 0.29) is 0 Å². The summed E-state index contributed by atoms with van der Waals surface area (Å²) in [4.78, 5) is 8.92. The van der Waals surface area contributed by atoms with Gasteiger partial charge >= 0.3 is 0 Å². The molecule has 7 nitrogen and oxygen atoms in total. The van der Waals surface area contributed by atoms with Crippen LogP contribution >= 0.6 is 11.6 Å². The van der Waals surface area contributed by atoms with Crippen molar-refractivity contribution in [1.29, 1.82) is 0 Å². The number of anilines is 2. The lowest BCUT2D eigenvalue weighted by molar-refractivity contribution is 0.286. The third kappa shape index (κ3) is 5.23. The molecule has 8 heteroatoms. The molecular formula is C24H30ClN5O2. The smallest absolute Gasteiger partial charge is 0.162 e. The molecule has 2 aromatic carbocycles. The van der Waals surface area contributed by atoms with Gasteiger partial charge in [0.25, 0.3) is 0 Å². The number of nitrogens with one attached hydrogen (secondary N) is 3. The standard InChI is InChI=1S/C24H30ClN5O2/c1-15(2)21-13-26-8-9-32-23-11-18-20(12-22(23)31-3)28-14-29-24(18)30-19-10-17(25)5-4-16(19)6-7-27-21/h4-5,10-12,14-15,21,26-27H,6-9,13H2,1-3H3,(H,28,29,30). The lowest BCUT2D eigenvalue weighted by Gasteiger charge is -2.24. The summed E-state index contributed by atoms with van der Waals surface area (Å²) >= 11 is 6.33. The zero-order valence-electron chi connectivity index (χ0n) is 18.7. The number of nitrogens with zero attached hydrogens (tertiary/aromatic N) is 2. The van der Waals surface area contributed by atoms with Gasteiger partial charge in [0.15, 0.2) is 11.5 Å². The number of aromatic nitrogens is 2. The maximum absolute atomic E-state index is 6.33. The lowest BCUT2D eigenvalue weighted by atomic mass is 10.0. The average Bonchev–Trinajstić information content (AvgIpc) is 2.78. The van der Waals surface area contributed by atoms with Gasteiger partial charge in [0, 0.05) is 41.3 Å². The van der Waals surface area contributed by atoms with Gasteiger partial charge in [-0.25, -0.2) is 9.97 Å². The molecule has 2 heterocycles. The van der Waals surface area contributed by atoms with E-state index in [1.165, 1.54) is 5.56 Å². The molecule has 32 heavy (non-hydrogen) atoms. The number of methoxy groups -OCH3 is 1. The Hall–Kier alpha value is -2.61. The Labute approximate surface area is 193 Å². The van der Waals surface area contributed by atoms with Gasteiger partial charge in [-0.3, -0.25) is 0 Å². The Kier molecular flexibility index (Phi) is 7.29. The largest absolute Gasteiger partial charge is 0.493 e. The second kappa shape index (κ2) is 10.3. The summed E-state index contributed by atoms with van der Waals surface area (Å²) in [5.74, 6) is 2.52. The first-order valence-corrected chi connectivity index (χ1v) is 11.4. The molecule has 0 saturated carbocycles. The molecule has 170 valence electrons. The fraction of sp³-hybridized carbons (Fsp3) is 0.417. The van der Waals surface area contributed by atoms with E-state index in [0.717, 1.165) is 42.6 Å². The highest BCUT2D eigenvalue weighted by molar-refractivity contribution is 6.30. The van der Waals surface area contributed by atoms with E-state index in [1.54, 1.807) is 13.4 Å². The maximum Gasteiger partial charge on any atom is 0.162 e. The molecule has 1 aliphatic heterocycles. The molecule has 1 aliphatic rings. The monoisotopic (exact) mass is 455 g/mol. The fourth-order valence-electron chi connectivity index (χ4n) is 3.87. The maximum atomic E-state index is 6.33. The van der Waals surface area contributed by atoms with Crippen LogP contribution in [-0.4, -0.2) is 49.4 Å². The molecule has 0 fully saturated rings. The molecule has 3 aromatic rings. The van der Waals surface area contributed by atoms with Crippen LogP contribution in [0.2, 0.25) is 5.02 Å². The lowest BCUT2D eigenvalue weighted by Crippen LogP contribution is -2.44. The van der Waals surface area contributed by atoms with E-state index >= 15 is 0 Å². The number of ether oxygens (including phenoxy) is 2. The van der Waals surface area contributed by atoms with E-state index in [9.17, 15) is 0 Å². The molecule has 3 N–H and O–H groups in total. The summed E-state index contributed by atoms with van der Waals surface area (Å²) in [6, 6.07) is 10.1. The van der Waals surface area contributed by atoms with Gasteiger partial charge in [-0.15, -0.1) is 0 Å². The Morgan fingerprint density at radius 3 is 2.84 bits per heavy atom. The van der Waals surface area contributed by atoms with E-state index in [2.05, 4.69) is 45.8 Å². The van der Waals surface area contributed by atoms with Crippen molar-refractivity contribution in [2.75, 3.05) is 38.7 Å². The van der Waals surface area contributed by atoms with E-state index in [1.807, 2.05) is 24.3 Å². The number of benzene rings is 2. The van der Waals surface area contributed by atoms with Crippen LogP contribution in [0.3, 0.4) is 0 Å². The number of hydrogen-bond donors (Lipinski definition) is 3. The number of rotatable bonds is 2. The van der Waals surface area contributed by atoms with Gasteiger partial charge < -0.3 is 25.4 Å². The highest BCUT2D eigenvalue weighted by Gasteiger charge is 2.16. The molecule has 1 aromatic heterocycles. The van der Waals surface area contributed by atoms with Crippen LogP contribution < -0.4 is 25.4 Å². The normalized spacial score (nSPS) is 17.6. The zero-order valence-corrected chi connectivity index (χ0v) is 19.5. The van der Waals surface area contributed by atoms with Gasteiger partial charge in [0.2, 0.25) is 0 Å². The molecule has 1 atom stereocenters. The van der Waals surface area contributed by atoms with Crippen LogP contribution in [0.1, 0.15) is 19.4 Å². The van der Waals surface area contributed by atoms with Crippen molar-refractivity contribution in [3.05, 3.63) is 47.2 Å². The van der Waals surface area contributed by atoms with E-state index < -0.39 is 0 Å². The van der Waals surface area contributed by atoms with Gasteiger partial charge in [-0.05, 0) is 42.6 Å². The molecule has 0 aliphatic carbocycles. The van der Waals surface area contributed by atoms with E-state index in [0.29, 0.717) is 40.9 Å². The first kappa shape index (κ1) is 22.6. The third-order valence-corrected chi connectivity index (χ3v) is 5.99. The Morgan fingerprint density at radius 1 is 1.16 bits per heavy atom. The number of hydrogen-bond acceptors (Lipinski definition) is 7. The van der Waals surface area contributed by atoms with Crippen molar-refractivity contribution in [2.24, 2.45) is 5.92 Å². The van der Waals surface area contributed by atoms with Crippen LogP contribution in [0.15, 0.2) is 36.7 Å². The second-order valence-corrected chi connectivity index (χ2v) is 8.71. The summed E-state index contributed by atoms with van der Waals surface area (Å²) in [6.07, 6.45) is 2.42. The highest BCUT2D eigenvalue weighted by atomic mass is 35.5. The van der Waals surface area contributed by atoms with Crippen molar-refractivity contribution in [3.8, 4) is 11.5 Å². The Morgan fingerprint density at radius 2 is 2.03 bits per heavy atom. The van der Waals surface area contributed by atoms with Crippen LogP contribution in [0, 0.1) is 5.92 Å². The predicted octanol–water partition coefficient (Wildman–Crippen LogP) is 4.17. The van der Waals surface area contributed by atoms with Crippen molar-refractivity contribution in [2.45, 2.75) is 26.3 Å².